The number of para-hydroxylation sites is 1. The molecule has 0 aliphatic rings. The smallest absolute Gasteiger partial charge is 0.389 e. The second-order valence-electron chi connectivity index (χ2n) is 4.51. The number of hydrogen-bond donors (Lipinski definition) is 2. The molecular formula is C12H17F3N2O2S. The predicted molar refractivity (Wildman–Crippen MR) is 71.5 cm³/mol. The minimum absolute atomic E-state index is 0.429. The van der Waals surface area contributed by atoms with E-state index < -0.39 is 40.8 Å². The number of anilines is 1. The summed E-state index contributed by atoms with van der Waals surface area (Å²) in [5.41, 5.74) is 6.73. The first-order chi connectivity index (χ1) is 9.11. The summed E-state index contributed by atoms with van der Waals surface area (Å²) in [5.74, 6) is -0.566. The second-order valence-corrected chi connectivity index (χ2v) is 6.38. The predicted octanol–water partition coefficient (Wildman–Crippen LogP) is 2.59. The fourth-order valence-electron chi connectivity index (χ4n) is 1.76. The summed E-state index contributed by atoms with van der Waals surface area (Å²) in [4.78, 5) is 0. The Morgan fingerprint density at radius 2 is 1.90 bits per heavy atom. The van der Waals surface area contributed by atoms with Crippen LogP contribution >= 0.6 is 0 Å². The maximum atomic E-state index is 12.0. The minimum Gasteiger partial charge on any atom is -0.398 e. The number of alkyl halides is 3. The zero-order valence-corrected chi connectivity index (χ0v) is 11.8. The monoisotopic (exact) mass is 310 g/mol. The molecule has 1 aromatic rings. The van der Waals surface area contributed by atoms with Crippen LogP contribution in [0.2, 0.25) is 0 Å². The molecule has 114 valence electrons. The average molecular weight is 310 g/mol. The molecule has 1 rings (SSSR count). The highest BCUT2D eigenvalue weighted by atomic mass is 32.2. The van der Waals surface area contributed by atoms with E-state index in [2.05, 4.69) is 4.72 Å². The molecule has 0 amide bonds. The van der Waals surface area contributed by atoms with Crippen LogP contribution in [0.25, 0.3) is 0 Å². The lowest BCUT2D eigenvalue weighted by molar-refractivity contribution is -0.134. The van der Waals surface area contributed by atoms with E-state index in [1.165, 1.54) is 0 Å². The Balaban J connectivity index is 2.60. The van der Waals surface area contributed by atoms with Crippen LogP contribution in [0.15, 0.2) is 24.3 Å². The molecule has 0 aliphatic carbocycles. The molecule has 0 aromatic heterocycles. The molecule has 20 heavy (non-hydrogen) atoms. The summed E-state index contributed by atoms with van der Waals surface area (Å²) < 4.78 is 61.6. The number of sulfonamides is 1. The van der Waals surface area contributed by atoms with Crippen molar-refractivity contribution in [3.8, 4) is 0 Å². The van der Waals surface area contributed by atoms with Crippen molar-refractivity contribution in [3.05, 3.63) is 29.8 Å². The van der Waals surface area contributed by atoms with Crippen LogP contribution in [-0.2, 0) is 10.0 Å². The number of nitrogens with one attached hydrogen (secondary N) is 1. The normalized spacial score (nSPS) is 14.2. The number of nitrogens with two attached hydrogens (primary N) is 1. The lowest BCUT2D eigenvalue weighted by Gasteiger charge is -2.16. The second kappa shape index (κ2) is 6.45. The number of benzene rings is 1. The quantitative estimate of drug-likeness (QED) is 0.793. The summed E-state index contributed by atoms with van der Waals surface area (Å²) in [6.45, 7) is 1.59. The van der Waals surface area contributed by atoms with Crippen LogP contribution in [0.4, 0.5) is 18.9 Å². The third-order valence-electron chi connectivity index (χ3n) is 2.69. The summed E-state index contributed by atoms with van der Waals surface area (Å²) in [5, 5.41) is 0. The molecule has 3 N–H and O–H groups in total. The van der Waals surface area contributed by atoms with Crippen LogP contribution in [-0.4, -0.2) is 20.3 Å². The lowest BCUT2D eigenvalue weighted by atomic mass is 10.1. The van der Waals surface area contributed by atoms with Crippen molar-refractivity contribution in [3.63, 3.8) is 0 Å². The van der Waals surface area contributed by atoms with Gasteiger partial charge in [0.2, 0.25) is 10.0 Å². The van der Waals surface area contributed by atoms with Crippen molar-refractivity contribution in [2.24, 2.45) is 0 Å². The Hall–Kier alpha value is -1.28. The first-order valence-electron chi connectivity index (χ1n) is 6.02. The number of nitrogen functional groups attached to an aromatic ring is 1. The van der Waals surface area contributed by atoms with E-state index in [4.69, 9.17) is 5.73 Å². The topological polar surface area (TPSA) is 72.2 Å². The van der Waals surface area contributed by atoms with Crippen LogP contribution in [0, 0.1) is 0 Å². The summed E-state index contributed by atoms with van der Waals surface area (Å²) in [7, 11) is -3.77. The molecule has 0 saturated carbocycles. The molecule has 0 heterocycles. The molecule has 1 atom stereocenters. The van der Waals surface area contributed by atoms with E-state index in [9.17, 15) is 21.6 Å². The molecular weight excluding hydrogens is 293 g/mol. The SMILES string of the molecule is CC(NS(=O)(=O)CCCC(F)(F)F)c1ccccc1N. The van der Waals surface area contributed by atoms with Gasteiger partial charge in [0.15, 0.2) is 0 Å². The van der Waals surface area contributed by atoms with Gasteiger partial charge in [0, 0.05) is 18.2 Å². The third kappa shape index (κ3) is 5.79. The van der Waals surface area contributed by atoms with E-state index in [-0.39, 0.29) is 0 Å². The van der Waals surface area contributed by atoms with E-state index in [1.54, 1.807) is 31.2 Å². The van der Waals surface area contributed by atoms with Crippen LogP contribution in [0.3, 0.4) is 0 Å². The highest BCUT2D eigenvalue weighted by Crippen LogP contribution is 2.23. The van der Waals surface area contributed by atoms with Gasteiger partial charge in [0.25, 0.3) is 0 Å². The molecule has 0 fully saturated rings. The summed E-state index contributed by atoms with van der Waals surface area (Å²) in [6.07, 6.45) is -5.92. The molecule has 4 nitrogen and oxygen atoms in total. The molecule has 1 aromatic carbocycles. The molecule has 0 bridgehead atoms. The molecule has 0 aliphatic heterocycles. The van der Waals surface area contributed by atoms with Gasteiger partial charge in [-0.2, -0.15) is 13.2 Å². The van der Waals surface area contributed by atoms with Crippen LogP contribution in [0.5, 0.6) is 0 Å². The van der Waals surface area contributed by atoms with Crippen molar-refractivity contribution >= 4 is 15.7 Å². The Labute approximate surface area is 116 Å². The van der Waals surface area contributed by atoms with E-state index in [0.717, 1.165) is 0 Å². The number of hydrogen-bond acceptors (Lipinski definition) is 3. The fourth-order valence-corrected chi connectivity index (χ4v) is 3.07. The average Bonchev–Trinajstić information content (AvgIpc) is 2.26. The van der Waals surface area contributed by atoms with Gasteiger partial charge >= 0.3 is 6.18 Å². The summed E-state index contributed by atoms with van der Waals surface area (Å²) in [6, 6.07) is 6.12. The van der Waals surface area contributed by atoms with Gasteiger partial charge < -0.3 is 5.73 Å². The van der Waals surface area contributed by atoms with Gasteiger partial charge in [-0.25, -0.2) is 13.1 Å². The van der Waals surface area contributed by atoms with Crippen LogP contribution < -0.4 is 10.5 Å². The van der Waals surface area contributed by atoms with E-state index >= 15 is 0 Å². The molecule has 8 heteroatoms. The van der Waals surface area contributed by atoms with E-state index in [1.807, 2.05) is 0 Å². The van der Waals surface area contributed by atoms with Crippen LogP contribution in [0.1, 0.15) is 31.4 Å². The van der Waals surface area contributed by atoms with Gasteiger partial charge in [0.05, 0.1) is 5.75 Å². The van der Waals surface area contributed by atoms with Crippen molar-refractivity contribution < 1.29 is 21.6 Å². The van der Waals surface area contributed by atoms with Gasteiger partial charge in [-0.15, -0.1) is 0 Å². The molecule has 1 unspecified atom stereocenters. The zero-order chi connectivity index (χ0) is 15.4. The standard InChI is InChI=1S/C12H17F3N2O2S/c1-9(10-5-2-3-6-11(10)16)17-20(18,19)8-4-7-12(13,14)15/h2-3,5-6,9,17H,4,7-8,16H2,1H3. The van der Waals surface area contributed by atoms with Crippen molar-refractivity contribution in [1.29, 1.82) is 0 Å². The highest BCUT2D eigenvalue weighted by molar-refractivity contribution is 7.89. The summed E-state index contributed by atoms with van der Waals surface area (Å²) >= 11 is 0. The Bertz CT molecular complexity index is 544. The maximum absolute atomic E-state index is 12.0. The van der Waals surface area contributed by atoms with Crippen molar-refractivity contribution in [2.75, 3.05) is 11.5 Å². The highest BCUT2D eigenvalue weighted by Gasteiger charge is 2.27. The lowest BCUT2D eigenvalue weighted by Crippen LogP contribution is -2.30. The van der Waals surface area contributed by atoms with Crippen molar-refractivity contribution in [2.45, 2.75) is 32.0 Å². The zero-order valence-electron chi connectivity index (χ0n) is 10.9. The fraction of sp³-hybridized carbons (Fsp3) is 0.500. The van der Waals surface area contributed by atoms with Gasteiger partial charge in [-0.05, 0) is 25.0 Å². The molecule has 0 spiro atoms. The van der Waals surface area contributed by atoms with Crippen molar-refractivity contribution in [1.82, 2.24) is 4.72 Å². The molecule has 0 radical (unpaired) electrons. The maximum Gasteiger partial charge on any atom is 0.389 e. The van der Waals surface area contributed by atoms with Gasteiger partial charge in [-0.1, -0.05) is 18.2 Å². The van der Waals surface area contributed by atoms with E-state index in [0.29, 0.717) is 11.3 Å². The van der Waals surface area contributed by atoms with Gasteiger partial charge in [0.1, 0.15) is 0 Å². The van der Waals surface area contributed by atoms with Gasteiger partial charge in [-0.3, -0.25) is 0 Å². The first kappa shape index (κ1) is 16.8. The Morgan fingerprint density at radius 3 is 2.45 bits per heavy atom. The number of rotatable bonds is 6. The Kier molecular flexibility index (Phi) is 5.41. The Morgan fingerprint density at radius 1 is 1.30 bits per heavy atom. The molecule has 0 saturated heterocycles. The largest absolute Gasteiger partial charge is 0.398 e. The number of halogens is 3. The minimum atomic E-state index is -4.34. The first-order valence-corrected chi connectivity index (χ1v) is 7.67. The third-order valence-corrected chi connectivity index (χ3v) is 4.23.